The van der Waals surface area contributed by atoms with E-state index in [0.717, 1.165) is 40.4 Å². The molecule has 0 aliphatic carbocycles. The molecule has 0 spiro atoms. The molecule has 0 fully saturated rings. The summed E-state index contributed by atoms with van der Waals surface area (Å²) < 4.78 is 12.3. The molecular formula is C31H34N2O2. The summed E-state index contributed by atoms with van der Waals surface area (Å²) in [5, 5.41) is 0. The minimum atomic E-state index is 0.553. The van der Waals surface area contributed by atoms with E-state index in [1.807, 2.05) is 36.4 Å². The van der Waals surface area contributed by atoms with Gasteiger partial charge in [0.2, 0.25) is 0 Å². The average Bonchev–Trinajstić information content (AvgIpc) is 2.88. The van der Waals surface area contributed by atoms with Crippen molar-refractivity contribution in [1.82, 2.24) is 0 Å². The molecule has 0 bridgehead atoms. The van der Waals surface area contributed by atoms with Gasteiger partial charge in [0.1, 0.15) is 24.7 Å². The summed E-state index contributed by atoms with van der Waals surface area (Å²) in [6, 6.07) is 33.4. The Kier molecular flexibility index (Phi) is 7.94. The van der Waals surface area contributed by atoms with Gasteiger partial charge in [0.15, 0.2) is 0 Å². The Balaban J connectivity index is 1.49. The lowest BCUT2D eigenvalue weighted by atomic mass is 10.0. The summed E-state index contributed by atoms with van der Waals surface area (Å²) in [4.78, 5) is 4.21. The molecule has 180 valence electrons. The van der Waals surface area contributed by atoms with Crippen molar-refractivity contribution in [2.75, 3.05) is 38.0 Å². The van der Waals surface area contributed by atoms with Gasteiger partial charge >= 0.3 is 0 Å². The normalized spacial score (nSPS) is 10.6. The first-order chi connectivity index (χ1) is 17.0. The summed E-state index contributed by atoms with van der Waals surface area (Å²) in [6.07, 6.45) is 0.833. The van der Waals surface area contributed by atoms with Crippen molar-refractivity contribution in [3.8, 4) is 11.5 Å². The van der Waals surface area contributed by atoms with E-state index in [4.69, 9.17) is 9.47 Å². The van der Waals surface area contributed by atoms with Crippen molar-refractivity contribution in [2.24, 2.45) is 0 Å². The van der Waals surface area contributed by atoms with Crippen molar-refractivity contribution in [1.29, 1.82) is 0 Å². The Hall–Kier alpha value is -3.92. The first kappa shape index (κ1) is 24.2. The van der Waals surface area contributed by atoms with E-state index >= 15 is 0 Å². The minimum Gasteiger partial charge on any atom is -0.487 e. The van der Waals surface area contributed by atoms with Crippen LogP contribution in [0.15, 0.2) is 97.1 Å². The molecule has 0 saturated carbocycles. The number of anilines is 2. The Morgan fingerprint density at radius 3 is 1.26 bits per heavy atom. The number of hydrogen-bond acceptors (Lipinski definition) is 4. The quantitative estimate of drug-likeness (QED) is 0.264. The van der Waals surface area contributed by atoms with Crippen LogP contribution in [0.2, 0.25) is 0 Å². The van der Waals surface area contributed by atoms with Gasteiger partial charge in [-0.2, -0.15) is 0 Å². The summed E-state index contributed by atoms with van der Waals surface area (Å²) in [5.41, 5.74) is 6.95. The maximum atomic E-state index is 6.15. The van der Waals surface area contributed by atoms with Crippen molar-refractivity contribution in [3.05, 3.63) is 119 Å². The second kappa shape index (κ2) is 11.5. The van der Waals surface area contributed by atoms with E-state index in [9.17, 15) is 0 Å². The van der Waals surface area contributed by atoms with Gasteiger partial charge in [-0.05, 0) is 52.9 Å². The molecular weight excluding hydrogens is 432 g/mol. The van der Waals surface area contributed by atoms with Crippen molar-refractivity contribution < 1.29 is 9.47 Å². The second-order valence-electron chi connectivity index (χ2n) is 9.12. The fourth-order valence-electron chi connectivity index (χ4n) is 4.00. The van der Waals surface area contributed by atoms with E-state index in [2.05, 4.69) is 98.7 Å². The van der Waals surface area contributed by atoms with E-state index < -0.39 is 0 Å². The van der Waals surface area contributed by atoms with Gasteiger partial charge in [-0.1, -0.05) is 72.8 Å². The number of nitrogens with zero attached hydrogens (tertiary/aromatic N) is 2. The van der Waals surface area contributed by atoms with E-state index in [1.165, 1.54) is 11.1 Å². The highest BCUT2D eigenvalue weighted by Gasteiger charge is 2.11. The summed E-state index contributed by atoms with van der Waals surface area (Å²) >= 11 is 0. The molecule has 35 heavy (non-hydrogen) atoms. The predicted molar refractivity (Wildman–Crippen MR) is 146 cm³/mol. The third kappa shape index (κ3) is 6.57. The Bertz CT molecular complexity index is 1120. The molecule has 4 heteroatoms. The van der Waals surface area contributed by atoms with Crippen LogP contribution in [-0.2, 0) is 19.6 Å². The maximum absolute atomic E-state index is 6.15. The molecule has 0 saturated heterocycles. The van der Waals surface area contributed by atoms with Crippen LogP contribution in [0.4, 0.5) is 11.4 Å². The SMILES string of the molecule is CN(C)c1cc(Cc2ccc(OCc3ccccc3)c(N(C)C)c2)ccc1OCc1ccccc1. The van der Waals surface area contributed by atoms with E-state index in [1.54, 1.807) is 0 Å². The number of ether oxygens (including phenoxy) is 2. The molecule has 0 heterocycles. The molecule has 0 aromatic heterocycles. The monoisotopic (exact) mass is 466 g/mol. The number of benzene rings is 4. The fourth-order valence-corrected chi connectivity index (χ4v) is 4.00. The summed E-state index contributed by atoms with van der Waals surface area (Å²) in [5.74, 6) is 1.78. The zero-order chi connectivity index (χ0) is 24.6. The zero-order valence-electron chi connectivity index (χ0n) is 21.1. The molecule has 0 amide bonds. The fraction of sp³-hybridized carbons (Fsp3) is 0.226. The van der Waals surface area contributed by atoms with Crippen molar-refractivity contribution in [3.63, 3.8) is 0 Å². The van der Waals surface area contributed by atoms with Crippen LogP contribution in [0, 0.1) is 0 Å². The third-order valence-electron chi connectivity index (χ3n) is 5.89. The highest BCUT2D eigenvalue weighted by atomic mass is 16.5. The standard InChI is InChI=1S/C31H34N2O2/c1-32(2)28-20-26(15-17-30(28)34-22-24-11-7-5-8-12-24)19-27-16-18-31(29(21-27)33(3)4)35-23-25-13-9-6-10-14-25/h5-18,20-21H,19,22-23H2,1-4H3. The zero-order valence-corrected chi connectivity index (χ0v) is 21.1. The Morgan fingerprint density at radius 1 is 0.486 bits per heavy atom. The van der Waals surface area contributed by atoms with E-state index in [0.29, 0.717) is 13.2 Å². The van der Waals surface area contributed by atoms with Gasteiger partial charge in [0.25, 0.3) is 0 Å². The maximum Gasteiger partial charge on any atom is 0.143 e. The van der Waals surface area contributed by atoms with Gasteiger partial charge in [-0.15, -0.1) is 0 Å². The van der Waals surface area contributed by atoms with Gasteiger partial charge in [0, 0.05) is 28.2 Å². The van der Waals surface area contributed by atoms with Gasteiger partial charge in [0.05, 0.1) is 11.4 Å². The highest BCUT2D eigenvalue weighted by Crippen LogP contribution is 2.32. The Morgan fingerprint density at radius 2 is 0.886 bits per heavy atom. The molecule has 4 aromatic rings. The topological polar surface area (TPSA) is 24.9 Å². The van der Waals surface area contributed by atoms with Crippen LogP contribution >= 0.6 is 0 Å². The second-order valence-corrected chi connectivity index (χ2v) is 9.12. The van der Waals surface area contributed by atoms with Crippen molar-refractivity contribution >= 4 is 11.4 Å². The first-order valence-corrected chi connectivity index (χ1v) is 11.9. The molecule has 0 N–H and O–H groups in total. The first-order valence-electron chi connectivity index (χ1n) is 11.9. The molecule has 0 radical (unpaired) electrons. The molecule has 4 rings (SSSR count). The van der Waals surface area contributed by atoms with Crippen molar-refractivity contribution in [2.45, 2.75) is 19.6 Å². The van der Waals surface area contributed by atoms with Crippen LogP contribution in [0.5, 0.6) is 11.5 Å². The molecule has 0 aliphatic heterocycles. The lowest BCUT2D eigenvalue weighted by molar-refractivity contribution is 0.307. The average molecular weight is 467 g/mol. The predicted octanol–water partition coefficient (Wildman–Crippen LogP) is 6.57. The lowest BCUT2D eigenvalue weighted by Crippen LogP contribution is -2.12. The molecule has 4 aromatic carbocycles. The van der Waals surface area contributed by atoms with Gasteiger partial charge in [-0.25, -0.2) is 0 Å². The minimum absolute atomic E-state index is 0.553. The van der Waals surface area contributed by atoms with Gasteiger partial charge in [-0.3, -0.25) is 0 Å². The highest BCUT2D eigenvalue weighted by molar-refractivity contribution is 5.62. The summed E-state index contributed by atoms with van der Waals surface area (Å²) in [7, 11) is 8.21. The van der Waals surface area contributed by atoms with Crippen LogP contribution in [-0.4, -0.2) is 28.2 Å². The molecule has 4 nitrogen and oxygen atoms in total. The van der Waals surface area contributed by atoms with Crippen LogP contribution in [0.3, 0.4) is 0 Å². The summed E-state index contributed by atoms with van der Waals surface area (Å²) in [6.45, 7) is 1.11. The molecule has 0 atom stereocenters. The van der Waals surface area contributed by atoms with Crippen LogP contribution in [0.25, 0.3) is 0 Å². The molecule has 0 unspecified atom stereocenters. The van der Waals surface area contributed by atoms with Crippen LogP contribution in [0.1, 0.15) is 22.3 Å². The Labute approximate surface area is 209 Å². The number of rotatable bonds is 10. The van der Waals surface area contributed by atoms with Crippen LogP contribution < -0.4 is 19.3 Å². The number of hydrogen-bond donors (Lipinski definition) is 0. The van der Waals surface area contributed by atoms with E-state index in [-0.39, 0.29) is 0 Å². The molecule has 0 aliphatic rings. The lowest BCUT2D eigenvalue weighted by Gasteiger charge is -2.21. The third-order valence-corrected chi connectivity index (χ3v) is 5.89. The van der Waals surface area contributed by atoms with Gasteiger partial charge < -0.3 is 19.3 Å². The largest absolute Gasteiger partial charge is 0.487 e. The smallest absolute Gasteiger partial charge is 0.143 e.